The molecule has 2 aromatic carbocycles. The average Bonchev–Trinajstić information content (AvgIpc) is 2.62. The minimum Gasteiger partial charge on any atom is -0.379 e. The molecule has 3 rings (SSSR count). The summed E-state index contributed by atoms with van der Waals surface area (Å²) in [6.45, 7) is 2.77. The van der Waals surface area contributed by atoms with E-state index in [1.54, 1.807) is 24.3 Å². The van der Waals surface area contributed by atoms with Crippen LogP contribution >= 0.6 is 0 Å². The molecule has 1 aliphatic rings. The van der Waals surface area contributed by atoms with Crippen LogP contribution in [0.2, 0.25) is 0 Å². The second-order valence-electron chi connectivity index (χ2n) is 6.47. The van der Waals surface area contributed by atoms with Crippen molar-refractivity contribution in [2.45, 2.75) is 18.0 Å². The monoisotopic (exact) mass is 378 g/mol. The summed E-state index contributed by atoms with van der Waals surface area (Å²) in [7, 11) is -1.57. The molecule has 0 unspecified atom stereocenters. The van der Waals surface area contributed by atoms with E-state index < -0.39 is 10.0 Å². The van der Waals surface area contributed by atoms with Crippen LogP contribution in [0.5, 0.6) is 0 Å². The Labute approximate surface area is 154 Å². The minimum atomic E-state index is -3.50. The molecule has 0 amide bonds. The molecule has 0 aromatic heterocycles. The van der Waals surface area contributed by atoms with Crippen LogP contribution < -0.4 is 0 Å². The van der Waals surface area contributed by atoms with E-state index in [0.717, 1.165) is 11.1 Å². The molecule has 0 saturated carbocycles. The molecule has 0 bridgehead atoms. The van der Waals surface area contributed by atoms with Crippen LogP contribution in [0.3, 0.4) is 0 Å². The van der Waals surface area contributed by atoms with Crippen molar-refractivity contribution in [2.75, 3.05) is 33.4 Å². The lowest BCUT2D eigenvalue weighted by Crippen LogP contribution is -2.40. The zero-order chi connectivity index (χ0) is 18.6. The van der Waals surface area contributed by atoms with Gasteiger partial charge in [0.2, 0.25) is 10.0 Å². The second-order valence-corrected chi connectivity index (χ2v) is 8.40. The van der Waals surface area contributed by atoms with Gasteiger partial charge in [-0.25, -0.2) is 12.8 Å². The van der Waals surface area contributed by atoms with E-state index in [9.17, 15) is 12.8 Å². The maximum absolute atomic E-state index is 13.3. The van der Waals surface area contributed by atoms with Gasteiger partial charge in [-0.1, -0.05) is 24.3 Å². The Morgan fingerprint density at radius 1 is 1.04 bits per heavy atom. The highest BCUT2D eigenvalue weighted by Crippen LogP contribution is 2.19. The fourth-order valence-corrected chi connectivity index (χ4v) is 4.53. The molecule has 0 atom stereocenters. The number of hydrogen-bond donors (Lipinski definition) is 0. The molecule has 2 aromatic rings. The summed E-state index contributed by atoms with van der Waals surface area (Å²) >= 11 is 0. The third-order valence-electron chi connectivity index (χ3n) is 4.30. The third-order valence-corrected chi connectivity index (χ3v) is 6.19. The maximum Gasteiger partial charge on any atom is 0.243 e. The maximum atomic E-state index is 13.3. The molecule has 0 spiro atoms. The molecule has 0 aliphatic carbocycles. The Bertz CT molecular complexity index is 851. The number of ether oxygens (including phenoxy) is 1. The fraction of sp³-hybridized carbons (Fsp3) is 0.368. The number of sulfonamides is 1. The van der Waals surface area contributed by atoms with Crippen molar-refractivity contribution in [3.8, 4) is 0 Å². The highest BCUT2D eigenvalue weighted by atomic mass is 32.2. The van der Waals surface area contributed by atoms with Crippen LogP contribution in [0.1, 0.15) is 11.1 Å². The van der Waals surface area contributed by atoms with Crippen LogP contribution in [-0.2, 0) is 27.8 Å². The van der Waals surface area contributed by atoms with Crippen LogP contribution in [0.25, 0.3) is 0 Å². The van der Waals surface area contributed by atoms with Gasteiger partial charge >= 0.3 is 0 Å². The zero-order valence-corrected chi connectivity index (χ0v) is 15.6. The minimum absolute atomic E-state index is 0.255. The van der Waals surface area contributed by atoms with E-state index in [2.05, 4.69) is 0 Å². The molecule has 7 heteroatoms. The van der Waals surface area contributed by atoms with Gasteiger partial charge in [0.25, 0.3) is 0 Å². The lowest BCUT2D eigenvalue weighted by molar-refractivity contribution is 0.0730. The van der Waals surface area contributed by atoms with E-state index in [1.807, 2.05) is 24.1 Å². The van der Waals surface area contributed by atoms with Crippen molar-refractivity contribution in [1.82, 2.24) is 9.21 Å². The van der Waals surface area contributed by atoms with Gasteiger partial charge in [0.05, 0.1) is 18.1 Å². The SMILES string of the molecule is CN(Cc1cccc(F)c1)Cc1cccc(S(=O)(=O)N2CCOCC2)c1. The van der Waals surface area contributed by atoms with Gasteiger partial charge in [0.15, 0.2) is 0 Å². The van der Waals surface area contributed by atoms with E-state index in [1.165, 1.54) is 16.4 Å². The first-order chi connectivity index (χ1) is 12.4. The van der Waals surface area contributed by atoms with Crippen molar-refractivity contribution < 1.29 is 17.5 Å². The predicted molar refractivity (Wildman–Crippen MR) is 97.6 cm³/mol. The third kappa shape index (κ3) is 4.67. The summed E-state index contributed by atoms with van der Waals surface area (Å²) in [4.78, 5) is 2.32. The van der Waals surface area contributed by atoms with Gasteiger partial charge < -0.3 is 4.74 Å². The first kappa shape index (κ1) is 19.0. The van der Waals surface area contributed by atoms with Gasteiger partial charge in [-0.2, -0.15) is 4.31 Å². The number of nitrogens with zero attached hydrogens (tertiary/aromatic N) is 2. The Morgan fingerprint density at radius 2 is 1.65 bits per heavy atom. The molecular weight excluding hydrogens is 355 g/mol. The van der Waals surface area contributed by atoms with Gasteiger partial charge in [-0.15, -0.1) is 0 Å². The average molecular weight is 378 g/mol. The molecular formula is C19H23FN2O3S. The summed E-state index contributed by atoms with van der Waals surface area (Å²) in [6.07, 6.45) is 0. The first-order valence-corrected chi connectivity index (χ1v) is 9.99. The zero-order valence-electron chi connectivity index (χ0n) is 14.8. The molecule has 1 fully saturated rings. The summed E-state index contributed by atoms with van der Waals surface area (Å²) in [5, 5.41) is 0. The number of hydrogen-bond acceptors (Lipinski definition) is 4. The molecule has 140 valence electrons. The van der Waals surface area contributed by atoms with Crippen molar-refractivity contribution in [2.24, 2.45) is 0 Å². The Hall–Kier alpha value is -1.80. The summed E-state index contributed by atoms with van der Waals surface area (Å²) < 4.78 is 45.5. The van der Waals surface area contributed by atoms with Gasteiger partial charge in [0.1, 0.15) is 5.82 Å². The van der Waals surface area contributed by atoms with E-state index in [4.69, 9.17) is 4.74 Å². The quantitative estimate of drug-likeness (QED) is 0.775. The summed E-state index contributed by atoms with van der Waals surface area (Å²) in [5.74, 6) is -0.255. The molecule has 0 radical (unpaired) electrons. The highest BCUT2D eigenvalue weighted by molar-refractivity contribution is 7.89. The second kappa shape index (κ2) is 8.26. The van der Waals surface area contributed by atoms with Crippen molar-refractivity contribution in [3.05, 3.63) is 65.5 Å². The van der Waals surface area contributed by atoms with Gasteiger partial charge in [-0.05, 0) is 42.4 Å². The number of morpholine rings is 1. The standard InChI is InChI=1S/C19H23FN2O3S/c1-21(14-16-4-2-6-18(20)12-16)15-17-5-3-7-19(13-17)26(23,24)22-8-10-25-11-9-22/h2-7,12-13H,8-11,14-15H2,1H3. The van der Waals surface area contributed by atoms with Crippen LogP contribution in [0.15, 0.2) is 53.4 Å². The Balaban J connectivity index is 1.70. The van der Waals surface area contributed by atoms with E-state index in [-0.39, 0.29) is 5.82 Å². The van der Waals surface area contributed by atoms with Crippen LogP contribution in [0.4, 0.5) is 4.39 Å². The number of halogens is 1. The lowest BCUT2D eigenvalue weighted by atomic mass is 10.2. The lowest BCUT2D eigenvalue weighted by Gasteiger charge is -2.26. The molecule has 26 heavy (non-hydrogen) atoms. The molecule has 1 saturated heterocycles. The van der Waals surface area contributed by atoms with E-state index >= 15 is 0 Å². The van der Waals surface area contributed by atoms with Gasteiger partial charge in [0, 0.05) is 26.2 Å². The van der Waals surface area contributed by atoms with Gasteiger partial charge in [-0.3, -0.25) is 4.90 Å². The molecule has 1 heterocycles. The largest absolute Gasteiger partial charge is 0.379 e. The predicted octanol–water partition coefficient (Wildman–Crippen LogP) is 2.48. The number of benzene rings is 2. The van der Waals surface area contributed by atoms with E-state index in [0.29, 0.717) is 44.3 Å². The highest BCUT2D eigenvalue weighted by Gasteiger charge is 2.26. The molecule has 5 nitrogen and oxygen atoms in total. The summed E-state index contributed by atoms with van der Waals surface area (Å²) in [6, 6.07) is 13.5. The Morgan fingerprint density at radius 3 is 2.31 bits per heavy atom. The van der Waals surface area contributed by atoms with Crippen LogP contribution in [0, 0.1) is 5.82 Å². The fourth-order valence-electron chi connectivity index (χ4n) is 3.05. The smallest absolute Gasteiger partial charge is 0.243 e. The van der Waals surface area contributed by atoms with Crippen molar-refractivity contribution in [1.29, 1.82) is 0 Å². The van der Waals surface area contributed by atoms with Crippen LogP contribution in [-0.4, -0.2) is 51.0 Å². The molecule has 0 N–H and O–H groups in total. The number of rotatable bonds is 6. The topological polar surface area (TPSA) is 49.9 Å². The van der Waals surface area contributed by atoms with Crippen molar-refractivity contribution in [3.63, 3.8) is 0 Å². The Kier molecular flexibility index (Phi) is 6.03. The van der Waals surface area contributed by atoms with Crippen molar-refractivity contribution >= 4 is 10.0 Å². The normalized spacial score (nSPS) is 16.1. The first-order valence-electron chi connectivity index (χ1n) is 8.55. The summed E-state index contributed by atoms with van der Waals surface area (Å²) in [5.41, 5.74) is 1.78. The molecule has 1 aliphatic heterocycles.